The number of halogens is 1. The maximum atomic E-state index is 12.0. The van der Waals surface area contributed by atoms with Crippen LogP contribution in [-0.4, -0.2) is 31.0 Å². The molecule has 0 atom stereocenters. The van der Waals surface area contributed by atoms with Crippen molar-refractivity contribution in [1.82, 2.24) is 0 Å². The van der Waals surface area contributed by atoms with E-state index in [1.54, 1.807) is 0 Å². The lowest BCUT2D eigenvalue weighted by Crippen LogP contribution is -3.00. The maximum absolute atomic E-state index is 12.0. The first-order valence-corrected chi connectivity index (χ1v) is 10.6. The van der Waals surface area contributed by atoms with Crippen molar-refractivity contribution in [3.63, 3.8) is 0 Å². The van der Waals surface area contributed by atoms with Crippen LogP contribution in [0, 0.1) is 0 Å². The molecule has 0 bridgehead atoms. The molecule has 0 saturated carbocycles. The first-order chi connectivity index (χ1) is 11.5. The molecule has 2 nitrogen and oxygen atoms in total. The summed E-state index contributed by atoms with van der Waals surface area (Å²) in [5.41, 5.74) is 0. The van der Waals surface area contributed by atoms with Crippen LogP contribution in [0.3, 0.4) is 0 Å². The molecule has 0 aliphatic rings. The van der Waals surface area contributed by atoms with E-state index in [0.717, 1.165) is 19.4 Å². The van der Waals surface area contributed by atoms with Gasteiger partial charge in [-0.1, -0.05) is 70.4 Å². The lowest BCUT2D eigenvalue weighted by Gasteiger charge is -2.24. The minimum absolute atomic E-state index is 0. The molecule has 0 rings (SSSR count). The van der Waals surface area contributed by atoms with Crippen LogP contribution in [0.15, 0.2) is 12.2 Å². The molecular formula is C22H44BrNO. The van der Waals surface area contributed by atoms with E-state index in [1.165, 1.54) is 77.0 Å². The van der Waals surface area contributed by atoms with Gasteiger partial charge in [0.25, 0.3) is 0 Å². The minimum atomic E-state index is 0. The van der Waals surface area contributed by atoms with Gasteiger partial charge in [0, 0.05) is 0 Å². The Labute approximate surface area is 168 Å². The van der Waals surface area contributed by atoms with E-state index in [-0.39, 0.29) is 17.0 Å². The number of hydrogen-bond donors (Lipinski definition) is 0. The Balaban J connectivity index is 0. The van der Waals surface area contributed by atoms with Crippen LogP contribution in [0.5, 0.6) is 0 Å². The molecule has 3 heteroatoms. The molecule has 150 valence electrons. The number of hydrogen-bond acceptors (Lipinski definition) is 1. The molecule has 0 aromatic rings. The number of unbranched alkanes of at least 4 members (excludes halogenated alkanes) is 11. The molecule has 0 aromatic heterocycles. The molecule has 0 spiro atoms. The van der Waals surface area contributed by atoms with Crippen molar-refractivity contribution < 1.29 is 26.3 Å². The Hall–Kier alpha value is -0.150. The van der Waals surface area contributed by atoms with Crippen LogP contribution in [0.25, 0.3) is 0 Å². The van der Waals surface area contributed by atoms with Crippen LogP contribution >= 0.6 is 0 Å². The highest BCUT2D eigenvalue weighted by molar-refractivity contribution is 5.68. The molecule has 0 aliphatic carbocycles. The Morgan fingerprint density at radius 3 is 1.64 bits per heavy atom. The average molecular weight is 419 g/mol. The summed E-state index contributed by atoms with van der Waals surface area (Å²) in [6, 6.07) is 0. The highest BCUT2D eigenvalue weighted by Gasteiger charge is 2.22. The van der Waals surface area contributed by atoms with E-state index in [0.29, 0.717) is 10.4 Å². The third-order valence-electron chi connectivity index (χ3n) is 5.12. The fourth-order valence-corrected chi connectivity index (χ4v) is 2.83. The topological polar surface area (TPSA) is 17.1 Å². The summed E-state index contributed by atoms with van der Waals surface area (Å²) >= 11 is 0. The zero-order chi connectivity index (χ0) is 18.1. The fraction of sp³-hybridized carbons (Fsp3) is 0.864. The van der Waals surface area contributed by atoms with E-state index < -0.39 is 0 Å². The predicted molar refractivity (Wildman–Crippen MR) is 107 cm³/mol. The number of carbonyl (C=O) groups is 1. The van der Waals surface area contributed by atoms with Crippen LogP contribution in [0.2, 0.25) is 0 Å². The summed E-state index contributed by atoms with van der Waals surface area (Å²) in [5.74, 6) is 0.384. The van der Waals surface area contributed by atoms with Crippen LogP contribution < -0.4 is 17.0 Å². The highest BCUT2D eigenvalue weighted by Crippen LogP contribution is 2.11. The summed E-state index contributed by atoms with van der Waals surface area (Å²) in [4.78, 5) is 12.0. The summed E-state index contributed by atoms with van der Waals surface area (Å²) < 4.78 is 0.531. The van der Waals surface area contributed by atoms with Crippen molar-refractivity contribution in [2.24, 2.45) is 0 Å². The molecule has 0 aliphatic heterocycles. The molecular weight excluding hydrogens is 374 g/mol. The van der Waals surface area contributed by atoms with Gasteiger partial charge in [0.1, 0.15) is 0 Å². The van der Waals surface area contributed by atoms with Gasteiger partial charge < -0.3 is 17.0 Å². The molecule has 0 heterocycles. The standard InChI is InChI=1S/C22H44NO.BrH/c1-5-7-8-9-10-11-12-13-14-15-16-17-18-19-20-21-22(24)23(3,4)6-2;/h13-14H,5-12,15-21H2,1-4H3;1H/q+1;/p-1/b14-13-;. The molecule has 25 heavy (non-hydrogen) atoms. The smallest absolute Gasteiger partial charge is 0.313 e. The second-order valence-corrected chi connectivity index (χ2v) is 7.73. The quantitative estimate of drug-likeness (QED) is 0.212. The first kappa shape index (κ1) is 27.1. The van der Waals surface area contributed by atoms with Crippen molar-refractivity contribution in [2.75, 3.05) is 20.6 Å². The largest absolute Gasteiger partial charge is 1.00 e. The molecule has 0 fully saturated rings. The first-order valence-electron chi connectivity index (χ1n) is 10.6. The summed E-state index contributed by atoms with van der Waals surface area (Å²) in [5, 5.41) is 0. The number of rotatable bonds is 16. The fourth-order valence-electron chi connectivity index (χ4n) is 2.83. The normalized spacial score (nSPS) is 11.7. The highest BCUT2D eigenvalue weighted by atomic mass is 79.9. The molecule has 0 saturated heterocycles. The van der Waals surface area contributed by atoms with Gasteiger partial charge in [-0.25, -0.2) is 4.79 Å². The Morgan fingerprint density at radius 1 is 0.720 bits per heavy atom. The van der Waals surface area contributed by atoms with Crippen molar-refractivity contribution in [3.8, 4) is 0 Å². The van der Waals surface area contributed by atoms with Gasteiger partial charge in [-0.15, -0.1) is 0 Å². The predicted octanol–water partition coefficient (Wildman–Crippen LogP) is 3.65. The Kier molecular flexibility index (Phi) is 20.2. The zero-order valence-corrected chi connectivity index (χ0v) is 19.1. The zero-order valence-electron chi connectivity index (χ0n) is 17.5. The van der Waals surface area contributed by atoms with Gasteiger partial charge >= 0.3 is 5.91 Å². The number of allylic oxidation sites excluding steroid dienone is 2. The van der Waals surface area contributed by atoms with Gasteiger partial charge in [-0.05, 0) is 39.0 Å². The summed E-state index contributed by atoms with van der Waals surface area (Å²) in [7, 11) is 4.03. The number of nitrogens with zero attached hydrogens (tertiary/aromatic N) is 1. The molecule has 0 unspecified atom stereocenters. The van der Waals surface area contributed by atoms with E-state index in [9.17, 15) is 4.79 Å². The van der Waals surface area contributed by atoms with E-state index in [2.05, 4.69) is 26.0 Å². The lowest BCUT2D eigenvalue weighted by atomic mass is 10.1. The lowest BCUT2D eigenvalue weighted by molar-refractivity contribution is -0.812. The van der Waals surface area contributed by atoms with Gasteiger partial charge in [-0.3, -0.25) is 4.48 Å². The molecule has 1 amide bonds. The van der Waals surface area contributed by atoms with Gasteiger partial charge in [0.15, 0.2) is 0 Å². The SMILES string of the molecule is CCCCCCCC/C=C\CCCCCCCC(=O)[N+](C)(C)CC.[Br-]. The van der Waals surface area contributed by atoms with Crippen LogP contribution in [-0.2, 0) is 4.79 Å². The molecule has 0 N–H and O–H groups in total. The van der Waals surface area contributed by atoms with E-state index in [1.807, 2.05) is 14.1 Å². The van der Waals surface area contributed by atoms with Gasteiger partial charge in [0.05, 0.1) is 27.1 Å². The molecule has 0 aromatic carbocycles. The summed E-state index contributed by atoms with van der Waals surface area (Å²) in [6.45, 7) is 5.25. The maximum Gasteiger partial charge on any atom is 0.313 e. The van der Waals surface area contributed by atoms with E-state index >= 15 is 0 Å². The number of carbonyl (C=O) groups excluding carboxylic acids is 1. The summed E-state index contributed by atoms with van der Waals surface area (Å²) in [6.07, 6.45) is 22.5. The third kappa shape index (κ3) is 17.0. The van der Waals surface area contributed by atoms with Crippen molar-refractivity contribution in [3.05, 3.63) is 12.2 Å². The second-order valence-electron chi connectivity index (χ2n) is 7.73. The monoisotopic (exact) mass is 417 g/mol. The van der Waals surface area contributed by atoms with Gasteiger partial charge in [0.2, 0.25) is 0 Å². The Bertz CT molecular complexity index is 326. The van der Waals surface area contributed by atoms with Crippen molar-refractivity contribution >= 4 is 5.91 Å². The van der Waals surface area contributed by atoms with E-state index in [4.69, 9.17) is 0 Å². The van der Waals surface area contributed by atoms with Crippen LogP contribution in [0.1, 0.15) is 104 Å². The number of quaternary nitrogens is 1. The minimum Gasteiger partial charge on any atom is -1.00 e. The average Bonchev–Trinajstić information content (AvgIpc) is 2.58. The van der Waals surface area contributed by atoms with Gasteiger partial charge in [-0.2, -0.15) is 0 Å². The van der Waals surface area contributed by atoms with Crippen molar-refractivity contribution in [2.45, 2.75) is 104 Å². The Morgan fingerprint density at radius 2 is 1.16 bits per heavy atom. The van der Waals surface area contributed by atoms with Crippen LogP contribution in [0.4, 0.5) is 0 Å². The third-order valence-corrected chi connectivity index (χ3v) is 5.12. The number of amides is 1. The molecule has 0 radical (unpaired) electrons. The van der Waals surface area contributed by atoms with Crippen molar-refractivity contribution in [1.29, 1.82) is 0 Å². The second kappa shape index (κ2) is 18.6.